The first-order valence-corrected chi connectivity index (χ1v) is 10.6. The van der Waals surface area contributed by atoms with E-state index in [1.807, 2.05) is 61.5 Å². The number of hydrogen-bond acceptors (Lipinski definition) is 3. The van der Waals surface area contributed by atoms with Gasteiger partial charge in [0.2, 0.25) is 5.91 Å². The maximum Gasteiger partial charge on any atom is 0.325 e. The topological polar surface area (TPSA) is 78.5 Å². The Morgan fingerprint density at radius 2 is 1.80 bits per heavy atom. The first-order chi connectivity index (χ1) is 14.5. The molecule has 0 unspecified atom stereocenters. The fourth-order valence-corrected chi connectivity index (χ4v) is 3.63. The summed E-state index contributed by atoms with van der Waals surface area (Å²) in [5, 5.41) is 5.57. The minimum Gasteiger partial charge on any atom is -0.326 e. The fourth-order valence-electron chi connectivity index (χ4n) is 3.63. The van der Waals surface area contributed by atoms with Gasteiger partial charge in [0.05, 0.1) is 6.04 Å². The molecular formula is C24H29N3O3. The van der Waals surface area contributed by atoms with Crippen LogP contribution in [0.2, 0.25) is 0 Å². The number of amides is 4. The highest BCUT2D eigenvalue weighted by Gasteiger charge is 2.40. The second-order valence-corrected chi connectivity index (χ2v) is 7.68. The summed E-state index contributed by atoms with van der Waals surface area (Å²) in [6, 6.07) is 15.8. The van der Waals surface area contributed by atoms with Crippen LogP contribution >= 0.6 is 0 Å². The summed E-state index contributed by atoms with van der Waals surface area (Å²) in [6.45, 7) is 3.99. The second kappa shape index (κ2) is 10.1. The molecule has 2 atom stereocenters. The lowest BCUT2D eigenvalue weighted by Crippen LogP contribution is -2.34. The molecule has 158 valence electrons. The van der Waals surface area contributed by atoms with Gasteiger partial charge in [-0.15, -0.1) is 0 Å². The third kappa shape index (κ3) is 5.26. The number of aryl methyl sites for hydroxylation is 1. The fraction of sp³-hybridized carbons (Fsp3) is 0.375. The van der Waals surface area contributed by atoms with Crippen LogP contribution in [0.3, 0.4) is 0 Å². The van der Waals surface area contributed by atoms with Gasteiger partial charge >= 0.3 is 6.03 Å². The van der Waals surface area contributed by atoms with Crippen molar-refractivity contribution in [3.05, 3.63) is 65.7 Å². The van der Waals surface area contributed by atoms with Crippen molar-refractivity contribution in [1.29, 1.82) is 0 Å². The van der Waals surface area contributed by atoms with Crippen LogP contribution in [0.15, 0.2) is 54.6 Å². The van der Waals surface area contributed by atoms with Crippen molar-refractivity contribution in [3.63, 3.8) is 0 Å². The Balaban J connectivity index is 1.51. The number of unbranched alkanes of at least 4 members (excludes halogenated alkanes) is 1. The van der Waals surface area contributed by atoms with Crippen LogP contribution in [0, 0.1) is 0 Å². The molecule has 0 aliphatic carbocycles. The van der Waals surface area contributed by atoms with Crippen molar-refractivity contribution in [1.82, 2.24) is 10.2 Å². The Labute approximate surface area is 177 Å². The number of anilines is 1. The Morgan fingerprint density at radius 3 is 2.47 bits per heavy atom. The van der Waals surface area contributed by atoms with Crippen LogP contribution in [0.5, 0.6) is 0 Å². The third-order valence-corrected chi connectivity index (χ3v) is 5.44. The zero-order chi connectivity index (χ0) is 21.5. The molecule has 2 aromatic carbocycles. The van der Waals surface area contributed by atoms with Gasteiger partial charge in [0.1, 0.15) is 6.04 Å². The number of rotatable bonds is 9. The highest BCUT2D eigenvalue weighted by Crippen LogP contribution is 2.25. The van der Waals surface area contributed by atoms with Crippen LogP contribution in [0.4, 0.5) is 10.5 Å². The number of benzene rings is 2. The van der Waals surface area contributed by atoms with E-state index < -0.39 is 12.1 Å². The van der Waals surface area contributed by atoms with Crippen molar-refractivity contribution in [3.8, 4) is 0 Å². The molecule has 0 saturated carbocycles. The third-order valence-electron chi connectivity index (χ3n) is 5.44. The Morgan fingerprint density at radius 1 is 1.10 bits per heavy atom. The average molecular weight is 408 g/mol. The van der Waals surface area contributed by atoms with E-state index in [1.165, 1.54) is 10.5 Å². The predicted molar refractivity (Wildman–Crippen MR) is 117 cm³/mol. The lowest BCUT2D eigenvalue weighted by molar-refractivity contribution is -0.129. The Bertz CT molecular complexity index is 880. The van der Waals surface area contributed by atoms with E-state index in [-0.39, 0.29) is 30.7 Å². The molecule has 1 fully saturated rings. The highest BCUT2D eigenvalue weighted by molar-refractivity contribution is 6.05. The molecule has 1 heterocycles. The normalized spacial score (nSPS) is 17.0. The lowest BCUT2D eigenvalue weighted by Gasteiger charge is -2.21. The molecule has 0 bridgehead atoms. The summed E-state index contributed by atoms with van der Waals surface area (Å²) in [5.41, 5.74) is 2.88. The molecular weight excluding hydrogens is 378 g/mol. The quantitative estimate of drug-likeness (QED) is 0.604. The minimum absolute atomic E-state index is 0.155. The van der Waals surface area contributed by atoms with Crippen LogP contribution in [-0.4, -0.2) is 28.8 Å². The molecule has 1 saturated heterocycles. The van der Waals surface area contributed by atoms with Crippen molar-refractivity contribution in [2.75, 3.05) is 5.32 Å². The summed E-state index contributed by atoms with van der Waals surface area (Å²) in [4.78, 5) is 38.6. The van der Waals surface area contributed by atoms with Crippen LogP contribution in [-0.2, 0) is 16.0 Å². The summed E-state index contributed by atoms with van der Waals surface area (Å²) in [7, 11) is 0. The van der Waals surface area contributed by atoms with E-state index in [2.05, 4.69) is 17.6 Å². The van der Waals surface area contributed by atoms with Crippen LogP contribution in [0.25, 0.3) is 0 Å². The van der Waals surface area contributed by atoms with Gasteiger partial charge in [-0.2, -0.15) is 0 Å². The smallest absolute Gasteiger partial charge is 0.325 e. The SMILES string of the molecule is CCCCc1ccc(NC(=O)CC[C@@H]2NC(=O)N([C@@H](C)c3ccccc3)C2=O)cc1. The molecule has 1 aliphatic rings. The number of nitrogens with one attached hydrogen (secondary N) is 2. The lowest BCUT2D eigenvalue weighted by atomic mass is 10.1. The summed E-state index contributed by atoms with van der Waals surface area (Å²) >= 11 is 0. The number of imide groups is 1. The zero-order valence-electron chi connectivity index (χ0n) is 17.6. The monoisotopic (exact) mass is 407 g/mol. The summed E-state index contributed by atoms with van der Waals surface area (Å²) in [6.07, 6.45) is 3.75. The molecule has 0 spiro atoms. The van der Waals surface area contributed by atoms with Crippen molar-refractivity contribution in [2.24, 2.45) is 0 Å². The van der Waals surface area contributed by atoms with Gasteiger partial charge in [-0.25, -0.2) is 4.79 Å². The van der Waals surface area contributed by atoms with E-state index in [1.54, 1.807) is 0 Å². The summed E-state index contributed by atoms with van der Waals surface area (Å²) < 4.78 is 0. The first-order valence-electron chi connectivity index (χ1n) is 10.6. The van der Waals surface area contributed by atoms with Crippen LogP contribution in [0.1, 0.15) is 56.7 Å². The molecule has 0 radical (unpaired) electrons. The Kier molecular flexibility index (Phi) is 7.22. The highest BCUT2D eigenvalue weighted by atomic mass is 16.2. The standard InChI is InChI=1S/C24H29N3O3/c1-3-4-8-18-11-13-20(14-12-18)25-22(28)16-15-21-23(29)27(24(30)26-21)17(2)19-9-6-5-7-10-19/h5-7,9-14,17,21H,3-4,8,15-16H2,1-2H3,(H,25,28)(H,26,30)/t17-,21-/m0/s1. The van der Waals surface area contributed by atoms with E-state index in [0.29, 0.717) is 0 Å². The van der Waals surface area contributed by atoms with Crippen molar-refractivity contribution >= 4 is 23.5 Å². The van der Waals surface area contributed by atoms with E-state index in [9.17, 15) is 14.4 Å². The molecule has 0 aromatic heterocycles. The van der Waals surface area contributed by atoms with Gasteiger partial charge in [0.25, 0.3) is 5.91 Å². The molecule has 2 N–H and O–H groups in total. The number of urea groups is 1. The largest absolute Gasteiger partial charge is 0.326 e. The Hall–Kier alpha value is -3.15. The van der Waals surface area contributed by atoms with E-state index >= 15 is 0 Å². The van der Waals surface area contributed by atoms with Gasteiger partial charge in [-0.05, 0) is 49.4 Å². The number of carbonyl (C=O) groups is 3. The number of carbonyl (C=O) groups excluding carboxylic acids is 3. The van der Waals surface area contributed by atoms with Crippen molar-refractivity contribution < 1.29 is 14.4 Å². The molecule has 30 heavy (non-hydrogen) atoms. The van der Waals surface area contributed by atoms with Gasteiger partial charge in [0, 0.05) is 12.1 Å². The van der Waals surface area contributed by atoms with Crippen LogP contribution < -0.4 is 10.6 Å². The number of hydrogen-bond donors (Lipinski definition) is 2. The maximum absolute atomic E-state index is 12.7. The zero-order valence-corrected chi connectivity index (χ0v) is 17.6. The maximum atomic E-state index is 12.7. The average Bonchev–Trinajstić information content (AvgIpc) is 3.05. The minimum atomic E-state index is -0.675. The predicted octanol–water partition coefficient (Wildman–Crippen LogP) is 4.43. The molecule has 6 nitrogen and oxygen atoms in total. The number of nitrogens with zero attached hydrogens (tertiary/aromatic N) is 1. The molecule has 3 rings (SSSR count). The molecule has 1 aliphatic heterocycles. The van der Waals surface area contributed by atoms with E-state index in [0.717, 1.165) is 30.5 Å². The van der Waals surface area contributed by atoms with Gasteiger partial charge < -0.3 is 10.6 Å². The molecule has 6 heteroatoms. The first kappa shape index (κ1) is 21.6. The molecule has 4 amide bonds. The van der Waals surface area contributed by atoms with Crippen molar-refractivity contribution in [2.45, 2.75) is 58.0 Å². The van der Waals surface area contributed by atoms with Gasteiger partial charge in [0.15, 0.2) is 0 Å². The van der Waals surface area contributed by atoms with Gasteiger partial charge in [-0.1, -0.05) is 55.8 Å². The van der Waals surface area contributed by atoms with Gasteiger partial charge in [-0.3, -0.25) is 14.5 Å². The van der Waals surface area contributed by atoms with E-state index in [4.69, 9.17) is 0 Å². The second-order valence-electron chi connectivity index (χ2n) is 7.68. The summed E-state index contributed by atoms with van der Waals surface area (Å²) in [5.74, 6) is -0.461. The molecule has 2 aromatic rings.